The summed E-state index contributed by atoms with van der Waals surface area (Å²) in [5.41, 5.74) is 1.06. The molecule has 0 fully saturated rings. The first-order chi connectivity index (χ1) is 20.7. The smallest absolute Gasteiger partial charge is 0.416 e. The van der Waals surface area contributed by atoms with Crippen LogP contribution in [0, 0.1) is 0 Å². The van der Waals surface area contributed by atoms with Gasteiger partial charge < -0.3 is 14.9 Å². The SMILES string of the molecule is CCN(CCCCC(=O)O)c1cc2c(cc1C(C)N(Cc1cc(C(F)(F)F)cc(C(F)(F)F)c1)c1nnn(C)n1)CCCC2.Cl. The molecule has 248 valence electrons. The number of hydrogen-bond acceptors (Lipinski definition) is 6. The Morgan fingerprint density at radius 2 is 1.58 bits per heavy atom. The number of benzene rings is 2. The van der Waals surface area contributed by atoms with Gasteiger partial charge in [0.1, 0.15) is 0 Å². The second-order valence-electron chi connectivity index (χ2n) is 11.1. The first-order valence-corrected chi connectivity index (χ1v) is 14.6. The number of carboxylic acid groups (broad SMARTS) is 1. The minimum Gasteiger partial charge on any atom is -0.481 e. The highest BCUT2D eigenvalue weighted by Gasteiger charge is 2.37. The van der Waals surface area contributed by atoms with Crippen molar-refractivity contribution in [3.8, 4) is 0 Å². The molecule has 0 radical (unpaired) electrons. The summed E-state index contributed by atoms with van der Waals surface area (Å²) in [5, 5.41) is 21.3. The molecular formula is C30H37ClF6N6O2. The van der Waals surface area contributed by atoms with E-state index in [1.807, 2.05) is 13.8 Å². The van der Waals surface area contributed by atoms with Crippen LogP contribution in [0.3, 0.4) is 0 Å². The van der Waals surface area contributed by atoms with Gasteiger partial charge in [-0.2, -0.15) is 31.1 Å². The number of aliphatic carboxylic acids is 1. The summed E-state index contributed by atoms with van der Waals surface area (Å²) in [6.45, 7) is 4.64. The van der Waals surface area contributed by atoms with Crippen LogP contribution < -0.4 is 9.80 Å². The Morgan fingerprint density at radius 1 is 0.978 bits per heavy atom. The van der Waals surface area contributed by atoms with Gasteiger partial charge in [-0.05, 0) is 104 Å². The maximum absolute atomic E-state index is 13.7. The number of aryl methyl sites for hydroxylation is 3. The molecule has 8 nitrogen and oxygen atoms in total. The molecule has 1 aliphatic carbocycles. The number of hydrogen-bond donors (Lipinski definition) is 1. The second kappa shape index (κ2) is 14.7. The van der Waals surface area contributed by atoms with Crippen LogP contribution in [0.15, 0.2) is 30.3 Å². The predicted octanol–water partition coefficient (Wildman–Crippen LogP) is 7.40. The summed E-state index contributed by atoms with van der Waals surface area (Å²) in [6.07, 6.45) is -4.99. The number of nitrogens with zero attached hydrogens (tertiary/aromatic N) is 6. The number of unbranched alkanes of at least 4 members (excludes halogenated alkanes) is 1. The quantitative estimate of drug-likeness (QED) is 0.160. The highest BCUT2D eigenvalue weighted by Crippen LogP contribution is 2.40. The van der Waals surface area contributed by atoms with E-state index < -0.39 is 35.5 Å². The van der Waals surface area contributed by atoms with Gasteiger partial charge in [-0.3, -0.25) is 4.79 Å². The number of alkyl halides is 6. The molecule has 1 atom stereocenters. The summed E-state index contributed by atoms with van der Waals surface area (Å²) in [4.78, 5) is 15.9. The van der Waals surface area contributed by atoms with Crippen LogP contribution in [-0.4, -0.2) is 44.4 Å². The lowest BCUT2D eigenvalue weighted by Crippen LogP contribution is -2.32. The Bertz CT molecular complexity index is 1430. The number of rotatable bonds is 12. The highest BCUT2D eigenvalue weighted by molar-refractivity contribution is 5.85. The van der Waals surface area contributed by atoms with Crippen molar-refractivity contribution >= 4 is 30.0 Å². The average molecular weight is 663 g/mol. The summed E-state index contributed by atoms with van der Waals surface area (Å²) in [7, 11) is 1.52. The molecule has 0 amide bonds. The Hall–Kier alpha value is -3.55. The first-order valence-electron chi connectivity index (χ1n) is 14.6. The van der Waals surface area contributed by atoms with Gasteiger partial charge in [0.05, 0.1) is 24.2 Å². The fourth-order valence-electron chi connectivity index (χ4n) is 5.67. The fraction of sp³-hybridized carbons (Fsp3) is 0.533. The van der Waals surface area contributed by atoms with Crippen molar-refractivity contribution in [3.63, 3.8) is 0 Å². The molecule has 1 N–H and O–H groups in total. The molecule has 0 spiro atoms. The Kier molecular flexibility index (Phi) is 11.7. The van der Waals surface area contributed by atoms with E-state index >= 15 is 0 Å². The Balaban J connectivity index is 0.00000552. The number of halogens is 7. The molecular weight excluding hydrogens is 626 g/mol. The fourth-order valence-corrected chi connectivity index (χ4v) is 5.67. The van der Waals surface area contributed by atoms with Crippen LogP contribution >= 0.6 is 12.4 Å². The zero-order valence-electron chi connectivity index (χ0n) is 25.2. The second-order valence-corrected chi connectivity index (χ2v) is 11.1. The van der Waals surface area contributed by atoms with Gasteiger partial charge in [-0.15, -0.1) is 17.5 Å². The summed E-state index contributed by atoms with van der Waals surface area (Å²) in [6, 6.07) is 5.17. The van der Waals surface area contributed by atoms with Crippen LogP contribution in [0.2, 0.25) is 0 Å². The molecule has 0 saturated carbocycles. The van der Waals surface area contributed by atoms with Gasteiger partial charge in [0.15, 0.2) is 0 Å². The monoisotopic (exact) mass is 662 g/mol. The number of carboxylic acids is 1. The maximum Gasteiger partial charge on any atom is 0.416 e. The lowest BCUT2D eigenvalue weighted by Gasteiger charge is -2.35. The van der Waals surface area contributed by atoms with Gasteiger partial charge in [-0.1, -0.05) is 11.2 Å². The number of tetrazole rings is 1. The van der Waals surface area contributed by atoms with Crippen molar-refractivity contribution in [3.05, 3.63) is 63.7 Å². The third-order valence-corrected chi connectivity index (χ3v) is 7.95. The lowest BCUT2D eigenvalue weighted by atomic mass is 9.87. The van der Waals surface area contributed by atoms with E-state index in [2.05, 4.69) is 32.4 Å². The van der Waals surface area contributed by atoms with Crippen molar-refractivity contribution < 1.29 is 36.2 Å². The molecule has 4 rings (SSSR count). The molecule has 1 aliphatic rings. The van der Waals surface area contributed by atoms with Crippen LogP contribution in [-0.2, 0) is 43.6 Å². The van der Waals surface area contributed by atoms with Gasteiger partial charge in [0.25, 0.3) is 5.95 Å². The third kappa shape index (κ3) is 9.01. The molecule has 2 aromatic carbocycles. The zero-order valence-corrected chi connectivity index (χ0v) is 26.1. The van der Waals surface area contributed by atoms with Gasteiger partial charge in [0.2, 0.25) is 0 Å². The number of fused-ring (bicyclic) bond motifs is 1. The third-order valence-electron chi connectivity index (χ3n) is 7.95. The average Bonchev–Trinajstić information content (AvgIpc) is 3.39. The molecule has 15 heteroatoms. The van der Waals surface area contributed by atoms with Crippen molar-refractivity contribution in [2.24, 2.45) is 7.05 Å². The van der Waals surface area contributed by atoms with Crippen LogP contribution in [0.1, 0.15) is 85.4 Å². The number of anilines is 2. The summed E-state index contributed by atoms with van der Waals surface area (Å²) >= 11 is 0. The molecule has 0 saturated heterocycles. The minimum absolute atomic E-state index is 0. The first kappa shape index (κ1) is 35.9. The molecule has 3 aromatic rings. The van der Waals surface area contributed by atoms with Crippen LogP contribution in [0.25, 0.3) is 0 Å². The highest BCUT2D eigenvalue weighted by atomic mass is 35.5. The standard InChI is InChI=1S/C30H36F6N6O2.ClH/c1-4-41(12-8-7-11-27(43)44)26-16-22-10-6-5-9-21(22)15-25(26)19(2)42(28-37-39-40(3)38-28)18-20-13-23(29(31,32)33)17-24(14-20)30(34,35)36;/h13-17,19H,4-12,18H2,1-3H3,(H,43,44);1H. The lowest BCUT2D eigenvalue weighted by molar-refractivity contribution is -0.143. The Labute approximate surface area is 263 Å². The van der Waals surface area contributed by atoms with E-state index in [-0.39, 0.29) is 43.0 Å². The van der Waals surface area contributed by atoms with E-state index in [0.29, 0.717) is 25.9 Å². The van der Waals surface area contributed by atoms with Crippen molar-refractivity contribution in [2.45, 2.75) is 83.7 Å². The maximum atomic E-state index is 13.7. The summed E-state index contributed by atoms with van der Waals surface area (Å²) in [5.74, 6) is -0.814. The molecule has 1 aromatic heterocycles. The van der Waals surface area contributed by atoms with Crippen LogP contribution in [0.5, 0.6) is 0 Å². The van der Waals surface area contributed by atoms with Crippen molar-refractivity contribution in [1.82, 2.24) is 20.2 Å². The van der Waals surface area contributed by atoms with Gasteiger partial charge in [-0.25, -0.2) is 0 Å². The van der Waals surface area contributed by atoms with E-state index in [1.54, 1.807) is 4.90 Å². The van der Waals surface area contributed by atoms with Crippen molar-refractivity contribution in [1.29, 1.82) is 0 Å². The van der Waals surface area contributed by atoms with Crippen molar-refractivity contribution in [2.75, 3.05) is 22.9 Å². The predicted molar refractivity (Wildman–Crippen MR) is 160 cm³/mol. The number of aromatic nitrogens is 4. The molecule has 45 heavy (non-hydrogen) atoms. The van der Waals surface area contributed by atoms with E-state index in [9.17, 15) is 31.1 Å². The topological polar surface area (TPSA) is 87.4 Å². The van der Waals surface area contributed by atoms with E-state index in [4.69, 9.17) is 5.11 Å². The zero-order chi connectivity index (χ0) is 32.2. The largest absolute Gasteiger partial charge is 0.481 e. The van der Waals surface area contributed by atoms with E-state index in [1.165, 1.54) is 17.4 Å². The molecule has 0 bridgehead atoms. The minimum atomic E-state index is -4.98. The molecule has 0 aliphatic heterocycles. The van der Waals surface area contributed by atoms with Crippen LogP contribution in [0.4, 0.5) is 38.0 Å². The molecule has 1 heterocycles. The summed E-state index contributed by atoms with van der Waals surface area (Å²) < 4.78 is 82.1. The Morgan fingerprint density at radius 3 is 2.09 bits per heavy atom. The van der Waals surface area contributed by atoms with E-state index in [0.717, 1.165) is 54.6 Å². The van der Waals surface area contributed by atoms with Gasteiger partial charge in [0, 0.05) is 31.7 Å². The normalized spacial score (nSPS) is 14.0. The molecule has 1 unspecified atom stereocenters. The number of carbonyl (C=O) groups is 1. The van der Waals surface area contributed by atoms with Gasteiger partial charge >= 0.3 is 18.3 Å².